The quantitative estimate of drug-likeness (QED) is 0.452. The van der Waals surface area contributed by atoms with Crippen LogP contribution in [0.15, 0.2) is 52.8 Å². The zero-order valence-electron chi connectivity index (χ0n) is 17.8. The van der Waals surface area contributed by atoms with Gasteiger partial charge in [-0.15, -0.1) is 11.3 Å². The molecule has 0 aliphatic heterocycles. The van der Waals surface area contributed by atoms with Gasteiger partial charge in [0.05, 0.1) is 31.0 Å². The number of aromatic nitrogens is 2. The van der Waals surface area contributed by atoms with Crippen molar-refractivity contribution in [1.82, 2.24) is 25.3 Å². The molecule has 2 heterocycles. The average Bonchev–Trinajstić information content (AvgIpc) is 3.36. The van der Waals surface area contributed by atoms with Crippen LogP contribution in [0, 0.1) is 13.8 Å². The molecule has 7 nitrogen and oxygen atoms in total. The average molecular weight is 425 g/mol. The molecule has 3 rings (SSSR count). The fourth-order valence-corrected chi connectivity index (χ4v) is 3.61. The number of carbonyl (C=O) groups excluding carboxylic acids is 1. The van der Waals surface area contributed by atoms with E-state index in [1.807, 2.05) is 48.2 Å². The van der Waals surface area contributed by atoms with Gasteiger partial charge in [-0.05, 0) is 43.0 Å². The summed E-state index contributed by atoms with van der Waals surface area (Å²) in [4.78, 5) is 19.5. The van der Waals surface area contributed by atoms with Crippen molar-refractivity contribution in [2.24, 2.45) is 4.99 Å². The van der Waals surface area contributed by atoms with E-state index in [0.29, 0.717) is 19.0 Å². The van der Waals surface area contributed by atoms with Crippen molar-refractivity contribution in [3.8, 4) is 5.69 Å². The fraction of sp³-hybridized carbons (Fsp3) is 0.318. The predicted molar refractivity (Wildman–Crippen MR) is 122 cm³/mol. The highest BCUT2D eigenvalue weighted by molar-refractivity contribution is 7.09. The van der Waals surface area contributed by atoms with Crippen LogP contribution < -0.4 is 10.6 Å². The predicted octanol–water partition coefficient (Wildman–Crippen LogP) is 2.87. The minimum absolute atomic E-state index is 0.0105. The third-order valence-corrected chi connectivity index (χ3v) is 5.43. The molecule has 2 aromatic heterocycles. The zero-order valence-corrected chi connectivity index (χ0v) is 18.7. The summed E-state index contributed by atoms with van der Waals surface area (Å²) < 4.78 is 1.95. The molecule has 8 heteroatoms. The van der Waals surface area contributed by atoms with Gasteiger partial charge < -0.3 is 15.5 Å². The number of nitrogens with zero attached hydrogens (tertiary/aromatic N) is 4. The summed E-state index contributed by atoms with van der Waals surface area (Å²) in [7, 11) is 3.48. The van der Waals surface area contributed by atoms with Crippen LogP contribution in [0.2, 0.25) is 0 Å². The second-order valence-electron chi connectivity index (χ2n) is 7.21. The molecule has 0 atom stereocenters. The number of aryl methyl sites for hydroxylation is 2. The van der Waals surface area contributed by atoms with Gasteiger partial charge in [0.15, 0.2) is 5.96 Å². The Balaban J connectivity index is 1.79. The first-order valence-electron chi connectivity index (χ1n) is 9.80. The molecule has 0 spiro atoms. The van der Waals surface area contributed by atoms with E-state index in [-0.39, 0.29) is 12.5 Å². The van der Waals surface area contributed by atoms with Gasteiger partial charge in [-0.2, -0.15) is 5.10 Å². The Morgan fingerprint density at radius 3 is 2.63 bits per heavy atom. The van der Waals surface area contributed by atoms with Crippen LogP contribution in [0.5, 0.6) is 0 Å². The van der Waals surface area contributed by atoms with Crippen LogP contribution in [0.4, 0.5) is 0 Å². The number of thiophene rings is 1. The van der Waals surface area contributed by atoms with Crippen LogP contribution >= 0.6 is 11.3 Å². The Bertz CT molecular complexity index is 1010. The summed E-state index contributed by atoms with van der Waals surface area (Å²) in [6, 6.07) is 14.3. The van der Waals surface area contributed by atoms with Gasteiger partial charge in [0.25, 0.3) is 0 Å². The molecule has 1 aromatic carbocycles. The van der Waals surface area contributed by atoms with E-state index >= 15 is 0 Å². The fourth-order valence-electron chi connectivity index (χ4n) is 2.96. The van der Waals surface area contributed by atoms with E-state index in [0.717, 1.165) is 22.6 Å². The van der Waals surface area contributed by atoms with Crippen molar-refractivity contribution < 1.29 is 4.79 Å². The lowest BCUT2D eigenvalue weighted by atomic mass is 10.2. The lowest BCUT2D eigenvalue weighted by molar-refractivity contribution is -0.127. The maximum Gasteiger partial charge on any atom is 0.241 e. The molecular formula is C22H28N6OS. The van der Waals surface area contributed by atoms with Gasteiger partial charge in [0.2, 0.25) is 5.91 Å². The Kier molecular flexibility index (Phi) is 7.24. The summed E-state index contributed by atoms with van der Waals surface area (Å²) in [5.74, 6) is 0.588. The second-order valence-corrected chi connectivity index (χ2v) is 8.24. The van der Waals surface area contributed by atoms with Crippen molar-refractivity contribution in [2.45, 2.75) is 26.9 Å². The van der Waals surface area contributed by atoms with Gasteiger partial charge in [-0.1, -0.05) is 24.3 Å². The molecule has 1 amide bonds. The number of aliphatic imine (C=N–C) groups is 1. The molecule has 2 N–H and O–H groups in total. The minimum atomic E-state index is -0.0105. The molecule has 0 aliphatic rings. The first kappa shape index (κ1) is 21.6. The Morgan fingerprint density at radius 1 is 1.17 bits per heavy atom. The molecule has 0 radical (unpaired) electrons. The monoisotopic (exact) mass is 424 g/mol. The molecule has 0 saturated carbocycles. The van der Waals surface area contributed by atoms with Crippen LogP contribution in [0.3, 0.4) is 0 Å². The summed E-state index contributed by atoms with van der Waals surface area (Å²) in [5.41, 5.74) is 4.12. The molecular weight excluding hydrogens is 396 g/mol. The number of benzene rings is 1. The first-order chi connectivity index (χ1) is 14.4. The summed E-state index contributed by atoms with van der Waals surface area (Å²) in [5, 5.41) is 13.1. The van der Waals surface area contributed by atoms with Crippen molar-refractivity contribution in [3.63, 3.8) is 0 Å². The van der Waals surface area contributed by atoms with Crippen LogP contribution in [-0.4, -0.2) is 47.2 Å². The number of para-hydroxylation sites is 1. The van der Waals surface area contributed by atoms with E-state index in [2.05, 4.69) is 33.9 Å². The number of carbonyl (C=O) groups is 1. The molecule has 0 bridgehead atoms. The molecule has 30 heavy (non-hydrogen) atoms. The summed E-state index contributed by atoms with van der Waals surface area (Å²) >= 11 is 1.68. The molecule has 3 aromatic rings. The standard InChI is InChI=1S/C22H28N6OS/c1-16-12-17(2)28(26-16)20-10-6-5-8-18(20)13-23-22(25-15-21(29)27(3)4)24-14-19-9-7-11-30-19/h5-12H,13-15H2,1-4H3,(H2,23,24,25). The maximum absolute atomic E-state index is 12.0. The van der Waals surface area contributed by atoms with Crippen LogP contribution in [0.25, 0.3) is 5.69 Å². The lowest BCUT2D eigenvalue weighted by Gasteiger charge is -2.15. The zero-order chi connectivity index (χ0) is 21.5. The molecule has 0 saturated heterocycles. The van der Waals surface area contributed by atoms with Gasteiger partial charge in [0.1, 0.15) is 0 Å². The third-order valence-electron chi connectivity index (χ3n) is 4.55. The smallest absolute Gasteiger partial charge is 0.241 e. The van der Waals surface area contributed by atoms with E-state index in [1.165, 1.54) is 4.88 Å². The molecule has 158 valence electrons. The normalized spacial score (nSPS) is 11.4. The maximum atomic E-state index is 12.0. The number of rotatable bonds is 7. The molecule has 0 aliphatic carbocycles. The number of amides is 1. The van der Waals surface area contributed by atoms with Crippen molar-refractivity contribution in [2.75, 3.05) is 20.6 Å². The van der Waals surface area contributed by atoms with Gasteiger partial charge in [-0.25, -0.2) is 9.67 Å². The number of nitrogens with one attached hydrogen (secondary N) is 2. The first-order valence-corrected chi connectivity index (χ1v) is 10.7. The van der Waals surface area contributed by atoms with Crippen molar-refractivity contribution >= 4 is 23.2 Å². The Morgan fingerprint density at radius 2 is 1.97 bits per heavy atom. The number of hydrogen-bond donors (Lipinski definition) is 2. The van der Waals surface area contributed by atoms with Gasteiger partial charge >= 0.3 is 0 Å². The highest BCUT2D eigenvalue weighted by Gasteiger charge is 2.10. The van der Waals surface area contributed by atoms with Gasteiger partial charge in [-0.3, -0.25) is 4.79 Å². The third kappa shape index (κ3) is 5.70. The number of hydrogen-bond acceptors (Lipinski definition) is 4. The van der Waals surface area contributed by atoms with Crippen LogP contribution in [0.1, 0.15) is 21.8 Å². The topological polar surface area (TPSA) is 74.6 Å². The SMILES string of the molecule is Cc1cc(C)n(-c2ccccc2CN=C(NCC(=O)N(C)C)NCc2cccs2)n1. The van der Waals surface area contributed by atoms with E-state index < -0.39 is 0 Å². The largest absolute Gasteiger partial charge is 0.351 e. The summed E-state index contributed by atoms with van der Waals surface area (Å²) in [6.45, 7) is 5.33. The van der Waals surface area contributed by atoms with Gasteiger partial charge in [0, 0.05) is 24.7 Å². The van der Waals surface area contributed by atoms with E-state index in [4.69, 9.17) is 4.99 Å². The van der Waals surface area contributed by atoms with Crippen molar-refractivity contribution in [3.05, 3.63) is 69.7 Å². The highest BCUT2D eigenvalue weighted by Crippen LogP contribution is 2.18. The minimum Gasteiger partial charge on any atom is -0.351 e. The van der Waals surface area contributed by atoms with E-state index in [9.17, 15) is 4.79 Å². The number of likely N-dealkylation sites (N-methyl/N-ethyl adjacent to an activating group) is 1. The Hall–Kier alpha value is -3.13. The van der Waals surface area contributed by atoms with E-state index in [1.54, 1.807) is 30.3 Å². The van der Waals surface area contributed by atoms with Crippen molar-refractivity contribution in [1.29, 1.82) is 0 Å². The summed E-state index contributed by atoms with van der Waals surface area (Å²) in [6.07, 6.45) is 0. The Labute approximate surface area is 181 Å². The number of guanidine groups is 1. The second kappa shape index (κ2) is 10.1. The highest BCUT2D eigenvalue weighted by atomic mass is 32.1. The molecule has 0 fully saturated rings. The van der Waals surface area contributed by atoms with Crippen LogP contribution in [-0.2, 0) is 17.9 Å². The molecule has 0 unspecified atom stereocenters. The lowest BCUT2D eigenvalue weighted by Crippen LogP contribution is -2.42.